The number of hydrogen-bond acceptors (Lipinski definition) is 1. The molecule has 0 aliphatic heterocycles. The minimum Gasteiger partial charge on any atom is -0.341 e. The lowest BCUT2D eigenvalue weighted by Crippen LogP contribution is -2.10. The lowest BCUT2D eigenvalue weighted by molar-refractivity contribution is 0.788. The first-order chi connectivity index (χ1) is 18.8. The molecule has 0 spiro atoms. The summed E-state index contributed by atoms with van der Waals surface area (Å²) in [5, 5.41) is 2.58. The SMILES string of the molecule is CCn1c2ccccc2c2cc(-c3nc4ccccc4n3-c3c(C(C)C)cc(C(C)C)cc3C(C)C)ccc21. The second-order valence-electron chi connectivity index (χ2n) is 11.8. The molecule has 0 saturated heterocycles. The van der Waals surface area contributed by atoms with Crippen LogP contribution in [0.1, 0.15) is 82.9 Å². The molecule has 2 aromatic heterocycles. The zero-order chi connectivity index (χ0) is 27.4. The van der Waals surface area contributed by atoms with Gasteiger partial charge in [0, 0.05) is 33.9 Å². The van der Waals surface area contributed by atoms with E-state index in [0.29, 0.717) is 17.8 Å². The molecule has 198 valence electrons. The van der Waals surface area contributed by atoms with Crippen LogP contribution in [-0.2, 0) is 6.54 Å². The van der Waals surface area contributed by atoms with E-state index in [1.54, 1.807) is 0 Å². The van der Waals surface area contributed by atoms with Gasteiger partial charge in [-0.2, -0.15) is 0 Å². The Labute approximate surface area is 232 Å². The van der Waals surface area contributed by atoms with Gasteiger partial charge in [0.1, 0.15) is 5.82 Å². The molecule has 3 heteroatoms. The molecule has 0 aliphatic rings. The van der Waals surface area contributed by atoms with E-state index in [1.165, 1.54) is 44.2 Å². The molecule has 0 fully saturated rings. The Bertz CT molecular complexity index is 1800. The maximum Gasteiger partial charge on any atom is 0.145 e. The van der Waals surface area contributed by atoms with Gasteiger partial charge >= 0.3 is 0 Å². The van der Waals surface area contributed by atoms with E-state index in [1.807, 2.05) is 0 Å². The summed E-state index contributed by atoms with van der Waals surface area (Å²) < 4.78 is 4.86. The molecule has 6 aromatic rings. The largest absolute Gasteiger partial charge is 0.341 e. The fourth-order valence-corrected chi connectivity index (χ4v) is 6.16. The third kappa shape index (κ3) is 4.07. The van der Waals surface area contributed by atoms with Crippen LogP contribution in [0.2, 0.25) is 0 Å². The minimum atomic E-state index is 0.384. The molecule has 0 N–H and O–H groups in total. The van der Waals surface area contributed by atoms with E-state index in [0.717, 1.165) is 29.0 Å². The number of rotatable bonds is 6. The minimum absolute atomic E-state index is 0.384. The molecular formula is C36H39N3. The third-order valence-corrected chi connectivity index (χ3v) is 8.23. The van der Waals surface area contributed by atoms with Gasteiger partial charge in [-0.05, 0) is 77.8 Å². The van der Waals surface area contributed by atoms with E-state index >= 15 is 0 Å². The van der Waals surface area contributed by atoms with Crippen molar-refractivity contribution in [2.45, 2.75) is 72.8 Å². The van der Waals surface area contributed by atoms with E-state index < -0.39 is 0 Å². The average Bonchev–Trinajstić information content (AvgIpc) is 3.47. The van der Waals surface area contributed by atoms with Crippen molar-refractivity contribution in [3.63, 3.8) is 0 Å². The van der Waals surface area contributed by atoms with Gasteiger partial charge in [-0.15, -0.1) is 0 Å². The van der Waals surface area contributed by atoms with Gasteiger partial charge in [-0.1, -0.05) is 84.0 Å². The Hall–Kier alpha value is -3.85. The molecule has 39 heavy (non-hydrogen) atoms. The zero-order valence-electron chi connectivity index (χ0n) is 24.3. The van der Waals surface area contributed by atoms with Gasteiger partial charge in [0.15, 0.2) is 0 Å². The van der Waals surface area contributed by atoms with Crippen LogP contribution in [0, 0.1) is 0 Å². The zero-order valence-corrected chi connectivity index (χ0v) is 24.3. The molecule has 6 rings (SSSR count). The Morgan fingerprint density at radius 1 is 0.641 bits per heavy atom. The summed E-state index contributed by atoms with van der Waals surface area (Å²) in [4.78, 5) is 5.29. The second kappa shape index (κ2) is 9.72. The lowest BCUT2D eigenvalue weighted by atomic mass is 9.87. The fourth-order valence-electron chi connectivity index (χ4n) is 6.16. The highest BCUT2D eigenvalue weighted by Crippen LogP contribution is 2.40. The molecule has 0 unspecified atom stereocenters. The van der Waals surface area contributed by atoms with Crippen LogP contribution < -0.4 is 0 Å². The maximum atomic E-state index is 5.29. The van der Waals surface area contributed by atoms with E-state index in [4.69, 9.17) is 4.98 Å². The van der Waals surface area contributed by atoms with Gasteiger partial charge in [-0.3, -0.25) is 4.57 Å². The molecule has 2 heterocycles. The first kappa shape index (κ1) is 25.4. The molecule has 0 saturated carbocycles. The summed E-state index contributed by atoms with van der Waals surface area (Å²) in [5.41, 5.74) is 11.4. The van der Waals surface area contributed by atoms with Gasteiger partial charge in [0.05, 0.1) is 16.7 Å². The van der Waals surface area contributed by atoms with Crippen LogP contribution >= 0.6 is 0 Å². The van der Waals surface area contributed by atoms with Crippen molar-refractivity contribution in [1.82, 2.24) is 14.1 Å². The summed E-state index contributed by atoms with van der Waals surface area (Å²) in [6, 6.07) is 29.1. The van der Waals surface area contributed by atoms with Crippen molar-refractivity contribution < 1.29 is 0 Å². The first-order valence-corrected chi connectivity index (χ1v) is 14.5. The molecule has 0 aliphatic carbocycles. The predicted molar refractivity (Wildman–Crippen MR) is 167 cm³/mol. The van der Waals surface area contributed by atoms with Crippen molar-refractivity contribution in [2.75, 3.05) is 0 Å². The highest BCUT2D eigenvalue weighted by molar-refractivity contribution is 6.09. The average molecular weight is 514 g/mol. The fraction of sp³-hybridized carbons (Fsp3) is 0.306. The van der Waals surface area contributed by atoms with Crippen LogP contribution in [0.3, 0.4) is 0 Å². The number of hydrogen-bond donors (Lipinski definition) is 0. The predicted octanol–water partition coefficient (Wildman–Crippen LogP) is 10.2. The molecule has 0 radical (unpaired) electrons. The molecule has 4 aromatic carbocycles. The van der Waals surface area contributed by atoms with E-state index in [9.17, 15) is 0 Å². The van der Waals surface area contributed by atoms with Crippen LogP contribution in [0.4, 0.5) is 0 Å². The highest BCUT2D eigenvalue weighted by Gasteiger charge is 2.24. The standard InChI is InChI=1S/C36H39N3/c1-8-38-32-15-11-9-13-27(32)30-19-25(17-18-33(30)38)36-37-31-14-10-12-16-34(31)39(36)35-28(23(4)5)20-26(22(2)3)21-29(35)24(6)7/h9-24H,8H2,1-7H3. The smallest absolute Gasteiger partial charge is 0.145 e. The number of fused-ring (bicyclic) bond motifs is 4. The summed E-state index contributed by atoms with van der Waals surface area (Å²) >= 11 is 0. The van der Waals surface area contributed by atoms with Crippen molar-refractivity contribution >= 4 is 32.8 Å². The first-order valence-electron chi connectivity index (χ1n) is 14.5. The van der Waals surface area contributed by atoms with Gasteiger partial charge < -0.3 is 4.57 Å². The van der Waals surface area contributed by atoms with Crippen LogP contribution in [0.25, 0.3) is 49.9 Å². The summed E-state index contributed by atoms with van der Waals surface area (Å²) in [6.07, 6.45) is 0. The Morgan fingerprint density at radius 2 is 1.26 bits per heavy atom. The maximum absolute atomic E-state index is 5.29. The number of benzene rings is 4. The van der Waals surface area contributed by atoms with E-state index in [2.05, 4.69) is 136 Å². The Morgan fingerprint density at radius 3 is 1.90 bits per heavy atom. The van der Waals surface area contributed by atoms with Crippen LogP contribution in [0.15, 0.2) is 78.9 Å². The number of para-hydroxylation sites is 3. The molecule has 0 atom stereocenters. The normalized spacial score (nSPS) is 12.3. The lowest BCUT2D eigenvalue weighted by Gasteiger charge is -2.25. The highest BCUT2D eigenvalue weighted by atomic mass is 15.1. The van der Waals surface area contributed by atoms with E-state index in [-0.39, 0.29) is 0 Å². The number of imidazole rings is 1. The number of nitrogens with zero attached hydrogens (tertiary/aromatic N) is 3. The Kier molecular flexibility index (Phi) is 6.33. The number of aromatic nitrogens is 3. The molecular weight excluding hydrogens is 474 g/mol. The van der Waals surface area contributed by atoms with Crippen molar-refractivity contribution in [3.05, 3.63) is 95.6 Å². The monoisotopic (exact) mass is 513 g/mol. The molecule has 3 nitrogen and oxygen atoms in total. The van der Waals surface area contributed by atoms with Crippen molar-refractivity contribution in [3.8, 4) is 17.1 Å². The Balaban J connectivity index is 1.71. The van der Waals surface area contributed by atoms with Gasteiger partial charge in [0.2, 0.25) is 0 Å². The second-order valence-corrected chi connectivity index (χ2v) is 11.8. The topological polar surface area (TPSA) is 22.8 Å². The quantitative estimate of drug-likeness (QED) is 0.217. The van der Waals surface area contributed by atoms with Crippen LogP contribution in [-0.4, -0.2) is 14.1 Å². The third-order valence-electron chi connectivity index (χ3n) is 8.23. The van der Waals surface area contributed by atoms with Gasteiger partial charge in [-0.25, -0.2) is 4.98 Å². The molecule has 0 bridgehead atoms. The number of aryl methyl sites for hydroxylation is 1. The molecule has 0 amide bonds. The van der Waals surface area contributed by atoms with Gasteiger partial charge in [0.25, 0.3) is 0 Å². The summed E-state index contributed by atoms with van der Waals surface area (Å²) in [6.45, 7) is 17.0. The van der Waals surface area contributed by atoms with Crippen molar-refractivity contribution in [1.29, 1.82) is 0 Å². The van der Waals surface area contributed by atoms with Crippen molar-refractivity contribution in [2.24, 2.45) is 0 Å². The summed E-state index contributed by atoms with van der Waals surface area (Å²) in [5.74, 6) is 2.25. The summed E-state index contributed by atoms with van der Waals surface area (Å²) in [7, 11) is 0. The van der Waals surface area contributed by atoms with Crippen LogP contribution in [0.5, 0.6) is 0 Å².